The van der Waals surface area contributed by atoms with E-state index < -0.39 is 0 Å². The summed E-state index contributed by atoms with van der Waals surface area (Å²) in [5.74, 6) is 1.64. The molecule has 1 N–H and O–H groups in total. The third-order valence-electron chi connectivity index (χ3n) is 5.31. The van der Waals surface area contributed by atoms with Gasteiger partial charge in [-0.05, 0) is 73.0 Å². The molecule has 0 saturated carbocycles. The molecule has 0 fully saturated rings. The number of ether oxygens (including phenoxy) is 1. The van der Waals surface area contributed by atoms with E-state index in [0.29, 0.717) is 5.92 Å². The Labute approximate surface area is 149 Å². The molecule has 1 aromatic heterocycles. The van der Waals surface area contributed by atoms with Gasteiger partial charge >= 0.3 is 0 Å². The second kappa shape index (κ2) is 7.32. The van der Waals surface area contributed by atoms with Crippen LogP contribution in [0.4, 0.5) is 0 Å². The largest absolute Gasteiger partial charge is 0.496 e. The maximum Gasteiger partial charge on any atom is 0.134 e. The average molecular weight is 335 g/mol. The maximum absolute atomic E-state index is 5.54. The highest BCUT2D eigenvalue weighted by atomic mass is 16.5. The molecule has 3 aromatic rings. The van der Waals surface area contributed by atoms with E-state index in [9.17, 15) is 0 Å². The van der Waals surface area contributed by atoms with Crippen molar-refractivity contribution in [1.82, 2.24) is 5.32 Å². The van der Waals surface area contributed by atoms with Crippen LogP contribution in [0.5, 0.6) is 5.75 Å². The van der Waals surface area contributed by atoms with Crippen molar-refractivity contribution in [3.63, 3.8) is 0 Å². The Kier molecular flexibility index (Phi) is 4.75. The van der Waals surface area contributed by atoms with Crippen LogP contribution in [-0.4, -0.2) is 20.2 Å². The fourth-order valence-electron chi connectivity index (χ4n) is 3.98. The number of hydrogen-bond acceptors (Lipinski definition) is 3. The van der Waals surface area contributed by atoms with Crippen molar-refractivity contribution in [2.24, 2.45) is 0 Å². The van der Waals surface area contributed by atoms with Gasteiger partial charge in [0, 0.05) is 11.9 Å². The lowest BCUT2D eigenvalue weighted by atomic mass is 9.82. The number of hydrogen-bond donors (Lipinski definition) is 1. The van der Waals surface area contributed by atoms with Crippen molar-refractivity contribution in [2.45, 2.75) is 31.6 Å². The van der Waals surface area contributed by atoms with E-state index in [1.807, 2.05) is 6.07 Å². The molecule has 4 rings (SSSR count). The minimum Gasteiger partial charge on any atom is -0.496 e. The van der Waals surface area contributed by atoms with Gasteiger partial charge in [-0.2, -0.15) is 0 Å². The molecule has 0 bridgehead atoms. The van der Waals surface area contributed by atoms with Crippen LogP contribution in [0.1, 0.15) is 35.4 Å². The van der Waals surface area contributed by atoms with Crippen molar-refractivity contribution >= 4 is 11.0 Å². The van der Waals surface area contributed by atoms with E-state index in [1.54, 1.807) is 13.4 Å². The molecule has 2 aromatic carbocycles. The molecule has 25 heavy (non-hydrogen) atoms. The third-order valence-corrected chi connectivity index (χ3v) is 5.31. The first-order valence-corrected chi connectivity index (χ1v) is 9.18. The Morgan fingerprint density at radius 2 is 2.16 bits per heavy atom. The Balaban J connectivity index is 1.35. The van der Waals surface area contributed by atoms with E-state index in [1.165, 1.54) is 34.9 Å². The summed E-state index contributed by atoms with van der Waals surface area (Å²) in [4.78, 5) is 0. The fourth-order valence-corrected chi connectivity index (χ4v) is 3.98. The molecular weight excluding hydrogens is 310 g/mol. The molecule has 1 atom stereocenters. The molecular formula is C22H25NO2. The second-order valence-corrected chi connectivity index (χ2v) is 6.86. The van der Waals surface area contributed by atoms with Crippen LogP contribution >= 0.6 is 0 Å². The zero-order valence-corrected chi connectivity index (χ0v) is 14.8. The second-order valence-electron chi connectivity index (χ2n) is 6.86. The summed E-state index contributed by atoms with van der Waals surface area (Å²) in [5, 5.41) is 4.82. The van der Waals surface area contributed by atoms with E-state index in [2.05, 4.69) is 41.7 Å². The smallest absolute Gasteiger partial charge is 0.134 e. The molecule has 130 valence electrons. The van der Waals surface area contributed by atoms with E-state index in [4.69, 9.17) is 9.15 Å². The van der Waals surface area contributed by atoms with Crippen LogP contribution in [-0.2, 0) is 12.8 Å². The van der Waals surface area contributed by atoms with Gasteiger partial charge in [0.25, 0.3) is 0 Å². The van der Waals surface area contributed by atoms with Crippen LogP contribution in [0.2, 0.25) is 0 Å². The summed E-state index contributed by atoms with van der Waals surface area (Å²) in [6, 6.07) is 15.0. The number of rotatable bonds is 6. The standard InChI is InChI=1S/C22H25NO2/c1-24-21-7-3-5-19-18(4-2-6-20(19)21)15-23-12-10-16-8-9-17-11-13-25-22(17)14-16/h3,5,7-9,11,13-14,18,23H,2,4,6,10,12,15H2,1H3. The normalized spacial score (nSPS) is 16.8. The minimum absolute atomic E-state index is 0.589. The molecule has 0 radical (unpaired) electrons. The lowest BCUT2D eigenvalue weighted by molar-refractivity contribution is 0.401. The lowest BCUT2D eigenvalue weighted by Crippen LogP contribution is -2.26. The Morgan fingerprint density at radius 3 is 3.08 bits per heavy atom. The predicted octanol–water partition coefficient (Wildman–Crippen LogP) is 4.69. The van der Waals surface area contributed by atoms with Gasteiger partial charge < -0.3 is 14.5 Å². The molecule has 1 aliphatic carbocycles. The highest BCUT2D eigenvalue weighted by Gasteiger charge is 2.22. The minimum atomic E-state index is 0.589. The van der Waals surface area contributed by atoms with Crippen molar-refractivity contribution in [3.05, 3.63) is 65.4 Å². The average Bonchev–Trinajstić information content (AvgIpc) is 3.12. The zero-order chi connectivity index (χ0) is 17.1. The van der Waals surface area contributed by atoms with Gasteiger partial charge in [-0.25, -0.2) is 0 Å². The van der Waals surface area contributed by atoms with Gasteiger partial charge in [0.05, 0.1) is 13.4 Å². The summed E-state index contributed by atoms with van der Waals surface area (Å²) < 4.78 is 11.0. The van der Waals surface area contributed by atoms with Crippen LogP contribution in [0.3, 0.4) is 0 Å². The molecule has 1 unspecified atom stereocenters. The van der Waals surface area contributed by atoms with Crippen LogP contribution in [0.15, 0.2) is 53.1 Å². The van der Waals surface area contributed by atoms with Gasteiger partial charge in [-0.15, -0.1) is 0 Å². The van der Waals surface area contributed by atoms with Crippen molar-refractivity contribution < 1.29 is 9.15 Å². The van der Waals surface area contributed by atoms with Crippen molar-refractivity contribution in [2.75, 3.05) is 20.2 Å². The summed E-state index contributed by atoms with van der Waals surface area (Å²) in [6.45, 7) is 2.02. The SMILES string of the molecule is COc1cccc2c1CCCC2CNCCc1ccc2ccoc2c1. The molecule has 1 aliphatic rings. The number of benzene rings is 2. The van der Waals surface area contributed by atoms with Crippen molar-refractivity contribution in [1.29, 1.82) is 0 Å². The topological polar surface area (TPSA) is 34.4 Å². The quantitative estimate of drug-likeness (QED) is 0.663. The summed E-state index contributed by atoms with van der Waals surface area (Å²) in [5.41, 5.74) is 5.17. The number of methoxy groups -OCH3 is 1. The number of fused-ring (bicyclic) bond motifs is 2. The monoisotopic (exact) mass is 335 g/mol. The van der Waals surface area contributed by atoms with E-state index in [0.717, 1.165) is 37.3 Å². The first kappa shape index (κ1) is 16.2. The predicted molar refractivity (Wildman–Crippen MR) is 101 cm³/mol. The third kappa shape index (κ3) is 3.42. The first-order chi connectivity index (χ1) is 12.3. The van der Waals surface area contributed by atoms with Crippen LogP contribution in [0, 0.1) is 0 Å². The summed E-state index contributed by atoms with van der Waals surface area (Å²) in [6.07, 6.45) is 6.41. The number of furan rings is 1. The highest BCUT2D eigenvalue weighted by Crippen LogP contribution is 2.36. The molecule has 1 heterocycles. The Hall–Kier alpha value is -2.26. The Morgan fingerprint density at radius 1 is 1.20 bits per heavy atom. The molecule has 0 spiro atoms. The number of nitrogens with one attached hydrogen (secondary N) is 1. The summed E-state index contributed by atoms with van der Waals surface area (Å²) in [7, 11) is 1.77. The fraction of sp³-hybridized carbons (Fsp3) is 0.364. The van der Waals surface area contributed by atoms with Crippen LogP contribution in [0.25, 0.3) is 11.0 Å². The molecule has 0 saturated heterocycles. The molecule has 0 amide bonds. The highest BCUT2D eigenvalue weighted by molar-refractivity contribution is 5.77. The summed E-state index contributed by atoms with van der Waals surface area (Å²) >= 11 is 0. The maximum atomic E-state index is 5.54. The van der Waals surface area contributed by atoms with Crippen molar-refractivity contribution in [3.8, 4) is 5.75 Å². The van der Waals surface area contributed by atoms with Gasteiger partial charge in [-0.1, -0.05) is 24.3 Å². The Bertz CT molecular complexity index is 852. The van der Waals surface area contributed by atoms with Gasteiger partial charge in [-0.3, -0.25) is 0 Å². The van der Waals surface area contributed by atoms with E-state index in [-0.39, 0.29) is 0 Å². The van der Waals surface area contributed by atoms with Gasteiger partial charge in [0.15, 0.2) is 0 Å². The molecule has 3 heteroatoms. The van der Waals surface area contributed by atoms with Gasteiger partial charge in [0.1, 0.15) is 11.3 Å². The zero-order valence-electron chi connectivity index (χ0n) is 14.8. The van der Waals surface area contributed by atoms with Gasteiger partial charge in [0.2, 0.25) is 0 Å². The van der Waals surface area contributed by atoms with Crippen LogP contribution < -0.4 is 10.1 Å². The first-order valence-electron chi connectivity index (χ1n) is 9.18. The van der Waals surface area contributed by atoms with E-state index >= 15 is 0 Å². The lowest BCUT2D eigenvalue weighted by Gasteiger charge is -2.27. The molecule has 0 aliphatic heterocycles. The molecule has 3 nitrogen and oxygen atoms in total.